The number of carboxylic acid groups (broad SMARTS) is 2. The Morgan fingerprint density at radius 3 is 2.52 bits per heavy atom. The number of likely N-dealkylation sites (tertiary alicyclic amines) is 1. The monoisotopic (exact) mass is 563 g/mol. The van der Waals surface area contributed by atoms with Crippen LogP contribution < -0.4 is 9.47 Å². The van der Waals surface area contributed by atoms with Crippen LogP contribution in [-0.4, -0.2) is 99.9 Å². The number of carboxylic acids is 2. The van der Waals surface area contributed by atoms with E-state index in [1.54, 1.807) is 6.07 Å². The fraction of sp³-hybridized carbons (Fsp3) is 0.556. The van der Waals surface area contributed by atoms with Gasteiger partial charge >= 0.3 is 23.9 Å². The zero-order valence-corrected chi connectivity index (χ0v) is 22.6. The van der Waals surface area contributed by atoms with Gasteiger partial charge in [0.05, 0.1) is 31.0 Å². The molecule has 0 unspecified atom stereocenters. The Kier molecular flexibility index (Phi) is 7.85. The van der Waals surface area contributed by atoms with Crippen LogP contribution in [0.5, 0.6) is 11.5 Å². The number of likely N-dealkylation sites (N-methyl/N-ethyl adjacent to an activating group) is 1. The van der Waals surface area contributed by atoms with E-state index in [1.807, 2.05) is 31.9 Å². The molecule has 13 heteroatoms. The van der Waals surface area contributed by atoms with Gasteiger partial charge in [0.25, 0.3) is 0 Å². The highest BCUT2D eigenvalue weighted by Crippen LogP contribution is 2.62. The fourth-order valence-electron chi connectivity index (χ4n) is 6.13. The summed E-state index contributed by atoms with van der Waals surface area (Å²) in [5.74, 6) is -4.80. The lowest BCUT2D eigenvalue weighted by molar-refractivity contribution is -0.172. The maximum atomic E-state index is 12.9. The van der Waals surface area contributed by atoms with Crippen LogP contribution in [0.3, 0.4) is 0 Å². The van der Waals surface area contributed by atoms with Crippen LogP contribution in [-0.2, 0) is 34.1 Å². The van der Waals surface area contributed by atoms with E-state index in [1.165, 1.54) is 13.2 Å². The summed E-state index contributed by atoms with van der Waals surface area (Å²) >= 11 is 0. The number of esters is 2. The van der Waals surface area contributed by atoms with Crippen LogP contribution in [0.4, 0.5) is 0 Å². The molecule has 1 aromatic carbocycles. The minimum Gasteiger partial charge on any atom is -0.493 e. The summed E-state index contributed by atoms with van der Waals surface area (Å²) in [5, 5.41) is 40.5. The number of aliphatic hydroxyl groups excluding tert-OH is 1. The van der Waals surface area contributed by atoms with E-state index in [-0.39, 0.29) is 18.2 Å². The summed E-state index contributed by atoms with van der Waals surface area (Å²) in [7, 11) is 3.41. The minimum absolute atomic E-state index is 0.0470. The first-order valence-electron chi connectivity index (χ1n) is 12.8. The Balaban J connectivity index is 1.60. The Hall–Kier alpha value is -3.68. The summed E-state index contributed by atoms with van der Waals surface area (Å²) in [6, 6.07) is 3.32. The molecule has 1 spiro atoms. The van der Waals surface area contributed by atoms with Crippen LogP contribution in [0, 0.1) is 6.92 Å². The van der Waals surface area contributed by atoms with Gasteiger partial charge in [-0.3, -0.25) is 9.59 Å². The lowest BCUT2D eigenvalue weighted by Crippen LogP contribution is -2.71. The molecule has 6 atom stereocenters. The average molecular weight is 564 g/mol. The van der Waals surface area contributed by atoms with Gasteiger partial charge in [-0.1, -0.05) is 6.07 Å². The van der Waals surface area contributed by atoms with Crippen molar-refractivity contribution in [3.8, 4) is 11.5 Å². The van der Waals surface area contributed by atoms with Gasteiger partial charge in [-0.2, -0.15) is 0 Å². The number of nitrogens with zero attached hydrogens (tertiary/aromatic N) is 1. The zero-order valence-electron chi connectivity index (χ0n) is 22.6. The molecule has 1 fully saturated rings. The van der Waals surface area contributed by atoms with Crippen molar-refractivity contribution in [2.45, 2.75) is 74.9 Å². The lowest BCUT2D eigenvalue weighted by Gasteiger charge is -2.58. The van der Waals surface area contributed by atoms with Crippen LogP contribution in [0.15, 0.2) is 24.0 Å². The molecule has 13 nitrogen and oxygen atoms in total. The molecular weight excluding hydrogens is 530 g/mol. The predicted octanol–water partition coefficient (Wildman–Crippen LogP) is 0.510. The van der Waals surface area contributed by atoms with Gasteiger partial charge in [-0.25, -0.2) is 9.59 Å². The molecule has 4 N–H and O–H groups in total. The standard InChI is InChI=1S/C27H33NO12/c1-13-5-6-16(37-4)22-21(13)26-9-10-28(3)14(2)27(26,36)8-7-17(23(26)40-22)39-25(35)15(29)11-20(32)38-18(24(33)34)12-19(30)31/h5-7,14-15,18,23,29,36H,8-12H2,1-4H3,(H,30,31)(H,33,34)/t14-,15+,18-,23+,26+,27-/m1/s1. The van der Waals surface area contributed by atoms with Gasteiger partial charge in [-0.05, 0) is 51.6 Å². The second-order valence-corrected chi connectivity index (χ2v) is 10.5. The molecule has 0 radical (unpaired) electrons. The van der Waals surface area contributed by atoms with Crippen molar-refractivity contribution >= 4 is 23.9 Å². The van der Waals surface area contributed by atoms with E-state index in [4.69, 9.17) is 24.4 Å². The smallest absolute Gasteiger partial charge is 0.345 e. The Labute approximate surface area is 229 Å². The maximum absolute atomic E-state index is 12.9. The first-order valence-corrected chi connectivity index (χ1v) is 12.8. The third kappa shape index (κ3) is 4.67. The van der Waals surface area contributed by atoms with Crippen molar-refractivity contribution in [2.24, 2.45) is 0 Å². The van der Waals surface area contributed by atoms with Crippen LogP contribution in [0.2, 0.25) is 0 Å². The summed E-state index contributed by atoms with van der Waals surface area (Å²) in [6.07, 6.45) is -4.85. The number of hydrogen-bond donors (Lipinski definition) is 4. The second kappa shape index (κ2) is 10.7. The summed E-state index contributed by atoms with van der Waals surface area (Å²) < 4.78 is 22.1. The minimum atomic E-state index is -2.04. The van der Waals surface area contributed by atoms with Gasteiger partial charge in [0, 0.05) is 18.0 Å². The molecule has 0 aromatic heterocycles. The summed E-state index contributed by atoms with van der Waals surface area (Å²) in [6.45, 7) is 4.42. The number of ether oxygens (including phenoxy) is 4. The quantitative estimate of drug-likeness (QED) is 0.304. The molecular formula is C27H33NO12. The number of piperidine rings is 1. The summed E-state index contributed by atoms with van der Waals surface area (Å²) in [5.41, 5.74) is -0.727. The Bertz CT molecular complexity index is 1260. The van der Waals surface area contributed by atoms with E-state index in [0.29, 0.717) is 24.5 Å². The molecule has 218 valence electrons. The number of aliphatic carboxylic acids is 2. The van der Waals surface area contributed by atoms with Gasteiger partial charge in [0.2, 0.25) is 6.10 Å². The normalized spacial score (nSPS) is 28.5. The largest absolute Gasteiger partial charge is 0.493 e. The maximum Gasteiger partial charge on any atom is 0.345 e. The molecule has 4 rings (SSSR count). The van der Waals surface area contributed by atoms with Crippen molar-refractivity contribution < 1.29 is 58.6 Å². The van der Waals surface area contributed by atoms with Crippen molar-refractivity contribution in [3.05, 3.63) is 35.1 Å². The zero-order chi connectivity index (χ0) is 29.6. The molecule has 0 saturated carbocycles. The van der Waals surface area contributed by atoms with Crippen molar-refractivity contribution in [2.75, 3.05) is 20.7 Å². The molecule has 3 aliphatic rings. The molecule has 2 aliphatic heterocycles. The number of carbonyl (C=O) groups excluding carboxylic acids is 2. The third-order valence-corrected chi connectivity index (χ3v) is 8.30. The number of fused-ring (bicyclic) bond motifs is 1. The molecule has 0 amide bonds. The average Bonchev–Trinajstić information content (AvgIpc) is 3.25. The van der Waals surface area contributed by atoms with E-state index < -0.39 is 66.0 Å². The number of carbonyl (C=O) groups is 4. The number of hydrogen-bond acceptors (Lipinski definition) is 11. The van der Waals surface area contributed by atoms with Crippen LogP contribution in [0.25, 0.3) is 0 Å². The number of methoxy groups -OCH3 is 1. The first-order chi connectivity index (χ1) is 18.8. The molecule has 1 saturated heterocycles. The van der Waals surface area contributed by atoms with E-state index >= 15 is 0 Å². The second-order valence-electron chi connectivity index (χ2n) is 10.5. The Morgan fingerprint density at radius 2 is 1.90 bits per heavy atom. The molecule has 40 heavy (non-hydrogen) atoms. The van der Waals surface area contributed by atoms with Crippen molar-refractivity contribution in [1.82, 2.24) is 4.90 Å². The number of aliphatic hydroxyl groups is 2. The van der Waals surface area contributed by atoms with Gasteiger partial charge in [-0.15, -0.1) is 0 Å². The van der Waals surface area contributed by atoms with Crippen molar-refractivity contribution in [3.63, 3.8) is 0 Å². The van der Waals surface area contributed by atoms with E-state index in [2.05, 4.69) is 4.74 Å². The SMILES string of the molecule is COc1ccc(C)c2c1O[C@H]1C(OC(=O)[C@@H](O)CC(=O)O[C@H](CC(=O)O)C(=O)O)=CC[C@@]3(O)[C@@H](C)N(C)CC[C@]213. The number of aryl methyl sites for hydroxylation is 1. The molecule has 2 heterocycles. The van der Waals surface area contributed by atoms with Crippen molar-refractivity contribution in [1.29, 1.82) is 0 Å². The van der Waals surface area contributed by atoms with Gasteiger partial charge in [0.1, 0.15) is 5.76 Å². The fourth-order valence-corrected chi connectivity index (χ4v) is 6.13. The van der Waals surface area contributed by atoms with Crippen LogP contribution in [0.1, 0.15) is 43.7 Å². The van der Waals surface area contributed by atoms with Crippen LogP contribution >= 0.6 is 0 Å². The Morgan fingerprint density at radius 1 is 1.20 bits per heavy atom. The number of rotatable bonds is 9. The van der Waals surface area contributed by atoms with Gasteiger partial charge in [0.15, 0.2) is 23.7 Å². The highest BCUT2D eigenvalue weighted by atomic mass is 16.6. The third-order valence-electron chi connectivity index (χ3n) is 8.30. The first kappa shape index (κ1) is 29.3. The molecule has 1 aliphatic carbocycles. The van der Waals surface area contributed by atoms with E-state index in [0.717, 1.165) is 11.1 Å². The molecule has 1 aromatic rings. The number of benzene rings is 1. The molecule has 0 bridgehead atoms. The summed E-state index contributed by atoms with van der Waals surface area (Å²) in [4.78, 5) is 49.0. The highest BCUT2D eigenvalue weighted by molar-refractivity contribution is 5.85. The lowest BCUT2D eigenvalue weighted by atomic mass is 9.54. The van der Waals surface area contributed by atoms with Gasteiger partial charge < -0.3 is 44.3 Å². The highest BCUT2D eigenvalue weighted by Gasteiger charge is 2.69. The predicted molar refractivity (Wildman–Crippen MR) is 135 cm³/mol. The van der Waals surface area contributed by atoms with E-state index in [9.17, 15) is 29.4 Å². The topological polar surface area (TPSA) is 189 Å².